The first-order valence-corrected chi connectivity index (χ1v) is 7.87. The van der Waals surface area contributed by atoms with Crippen LogP contribution in [0.25, 0.3) is 0 Å². The van der Waals surface area contributed by atoms with E-state index >= 15 is 0 Å². The van der Waals surface area contributed by atoms with Crippen LogP contribution in [-0.2, 0) is 4.79 Å². The van der Waals surface area contributed by atoms with Crippen molar-refractivity contribution in [2.75, 3.05) is 43.0 Å². The minimum Gasteiger partial charge on any atom is -0.457 e. The van der Waals surface area contributed by atoms with Crippen LogP contribution in [0.15, 0.2) is 36.5 Å². The zero-order valence-electron chi connectivity index (χ0n) is 13.6. The van der Waals surface area contributed by atoms with Gasteiger partial charge in [-0.05, 0) is 37.7 Å². The predicted molar refractivity (Wildman–Crippen MR) is 94.4 cm³/mol. The summed E-state index contributed by atoms with van der Waals surface area (Å²) in [5.41, 5.74) is 7.38. The quantitative estimate of drug-likeness (QED) is 0.704. The Morgan fingerprint density at radius 2 is 2.08 bits per heavy atom. The minimum atomic E-state index is -0.0676. The normalized spacial score (nSPS) is 13.9. The fourth-order valence-electron chi connectivity index (χ4n) is 2.44. The Bertz CT molecular complexity index is 731. The maximum atomic E-state index is 11.9. The van der Waals surface area contributed by atoms with Gasteiger partial charge in [0, 0.05) is 25.4 Å². The van der Waals surface area contributed by atoms with Crippen molar-refractivity contribution in [2.24, 2.45) is 0 Å². The van der Waals surface area contributed by atoms with Crippen molar-refractivity contribution in [3.63, 3.8) is 0 Å². The summed E-state index contributed by atoms with van der Waals surface area (Å²) in [6, 6.07) is 8.84. The average Bonchev–Trinajstić information content (AvgIpc) is 2.51. The summed E-state index contributed by atoms with van der Waals surface area (Å²) in [5.74, 6) is 1.61. The smallest absolute Gasteiger partial charge is 0.239 e. The number of carbonyl (C=O) groups is 1. The van der Waals surface area contributed by atoms with Gasteiger partial charge >= 0.3 is 0 Å². The van der Waals surface area contributed by atoms with E-state index in [-0.39, 0.29) is 5.91 Å². The molecule has 2 aromatic rings. The molecule has 1 amide bonds. The number of carbonyl (C=O) groups excluding carboxylic acids is 1. The number of nitrogens with zero attached hydrogens (tertiary/aromatic N) is 2. The molecule has 1 aliphatic heterocycles. The third-order valence-electron chi connectivity index (χ3n) is 3.84. The van der Waals surface area contributed by atoms with Crippen LogP contribution in [0, 0.1) is 0 Å². The summed E-state index contributed by atoms with van der Waals surface area (Å²) in [6.45, 7) is 2.36. The number of hydrogen-bond donors (Lipinski definition) is 3. The van der Waals surface area contributed by atoms with Gasteiger partial charge in [-0.25, -0.2) is 4.98 Å². The molecule has 24 heavy (non-hydrogen) atoms. The lowest BCUT2D eigenvalue weighted by Crippen LogP contribution is -2.42. The number of ether oxygens (including phenoxy) is 1. The van der Waals surface area contributed by atoms with Crippen LogP contribution in [0.3, 0.4) is 0 Å². The molecule has 1 fully saturated rings. The molecule has 0 saturated carbocycles. The molecule has 126 valence electrons. The third kappa shape index (κ3) is 3.94. The third-order valence-corrected chi connectivity index (χ3v) is 3.84. The van der Waals surface area contributed by atoms with E-state index in [2.05, 4.69) is 20.5 Å². The lowest BCUT2D eigenvalue weighted by molar-refractivity contribution is -0.118. The molecule has 3 rings (SSSR count). The molecule has 1 aromatic carbocycles. The predicted octanol–water partition coefficient (Wildman–Crippen LogP) is 2.14. The van der Waals surface area contributed by atoms with Crippen molar-refractivity contribution < 1.29 is 9.53 Å². The second-order valence-electron chi connectivity index (χ2n) is 5.66. The summed E-state index contributed by atoms with van der Waals surface area (Å²) < 4.78 is 5.78. The van der Waals surface area contributed by atoms with Crippen LogP contribution < -0.4 is 21.1 Å². The van der Waals surface area contributed by atoms with Gasteiger partial charge in [0.2, 0.25) is 5.91 Å². The van der Waals surface area contributed by atoms with Gasteiger partial charge in [0.25, 0.3) is 0 Å². The van der Waals surface area contributed by atoms with E-state index in [1.165, 1.54) is 0 Å². The van der Waals surface area contributed by atoms with Crippen LogP contribution >= 0.6 is 0 Å². The molecule has 1 aromatic heterocycles. The molecule has 0 spiro atoms. The molecular weight excluding hydrogens is 306 g/mol. The highest BCUT2D eigenvalue weighted by molar-refractivity contribution is 5.91. The SMILES string of the molecule is CNc1ccc(Oc2ccnc(NC(=O)CN3CCC3)c2)cc1N. The monoisotopic (exact) mass is 327 g/mol. The number of likely N-dealkylation sites (tertiary alicyclic amines) is 1. The van der Waals surface area contributed by atoms with E-state index in [4.69, 9.17) is 10.5 Å². The first-order valence-electron chi connectivity index (χ1n) is 7.87. The second kappa shape index (κ2) is 7.18. The molecule has 4 N–H and O–H groups in total. The van der Waals surface area contributed by atoms with E-state index in [0.717, 1.165) is 25.2 Å². The van der Waals surface area contributed by atoms with Crippen LogP contribution in [0.2, 0.25) is 0 Å². The molecule has 1 saturated heterocycles. The molecular formula is C17H21N5O2. The van der Waals surface area contributed by atoms with Gasteiger partial charge in [0.05, 0.1) is 17.9 Å². The number of nitrogens with two attached hydrogens (primary N) is 1. The lowest BCUT2D eigenvalue weighted by Gasteiger charge is -2.29. The van der Waals surface area contributed by atoms with Crippen LogP contribution in [0.1, 0.15) is 6.42 Å². The molecule has 7 heteroatoms. The Hall–Kier alpha value is -2.80. The van der Waals surface area contributed by atoms with E-state index in [1.807, 2.05) is 19.2 Å². The van der Waals surface area contributed by atoms with Crippen LogP contribution in [0.5, 0.6) is 11.5 Å². The Morgan fingerprint density at radius 1 is 1.29 bits per heavy atom. The van der Waals surface area contributed by atoms with Gasteiger partial charge in [0.15, 0.2) is 0 Å². The van der Waals surface area contributed by atoms with E-state index in [0.29, 0.717) is 29.5 Å². The highest BCUT2D eigenvalue weighted by Crippen LogP contribution is 2.28. The first-order chi connectivity index (χ1) is 11.6. The molecule has 0 bridgehead atoms. The van der Waals surface area contributed by atoms with Crippen molar-refractivity contribution in [3.05, 3.63) is 36.5 Å². The molecule has 0 unspecified atom stereocenters. The number of benzene rings is 1. The number of nitrogens with one attached hydrogen (secondary N) is 2. The van der Waals surface area contributed by atoms with Gasteiger partial charge in [-0.15, -0.1) is 0 Å². The van der Waals surface area contributed by atoms with E-state index < -0.39 is 0 Å². The van der Waals surface area contributed by atoms with Gasteiger partial charge in [-0.2, -0.15) is 0 Å². The number of nitrogen functional groups attached to an aromatic ring is 1. The minimum absolute atomic E-state index is 0.0676. The molecule has 0 aliphatic carbocycles. The zero-order valence-corrected chi connectivity index (χ0v) is 13.6. The number of pyridine rings is 1. The first kappa shape index (κ1) is 16.1. The molecule has 0 radical (unpaired) electrons. The van der Waals surface area contributed by atoms with Crippen molar-refractivity contribution in [1.82, 2.24) is 9.88 Å². The Kier molecular flexibility index (Phi) is 4.81. The number of rotatable bonds is 6. The van der Waals surface area contributed by atoms with Crippen molar-refractivity contribution >= 4 is 23.1 Å². The standard InChI is InChI=1S/C17H21N5O2/c1-19-15-4-3-12(9-14(15)18)24-13-5-6-20-16(10-13)21-17(23)11-22-7-2-8-22/h3-6,9-10,19H,2,7-8,11,18H2,1H3,(H,20,21,23). The van der Waals surface area contributed by atoms with Crippen LogP contribution in [0.4, 0.5) is 17.2 Å². The summed E-state index contributed by atoms with van der Waals surface area (Å²) in [4.78, 5) is 18.2. The Balaban J connectivity index is 1.64. The zero-order chi connectivity index (χ0) is 16.9. The van der Waals surface area contributed by atoms with Crippen LogP contribution in [-0.4, -0.2) is 42.5 Å². The van der Waals surface area contributed by atoms with Crippen molar-refractivity contribution in [1.29, 1.82) is 0 Å². The molecule has 0 atom stereocenters. The lowest BCUT2D eigenvalue weighted by atomic mass is 10.2. The summed E-state index contributed by atoms with van der Waals surface area (Å²) in [7, 11) is 1.81. The maximum Gasteiger partial charge on any atom is 0.239 e. The highest BCUT2D eigenvalue weighted by atomic mass is 16.5. The van der Waals surface area contributed by atoms with Crippen molar-refractivity contribution in [3.8, 4) is 11.5 Å². The van der Waals surface area contributed by atoms with E-state index in [9.17, 15) is 4.79 Å². The van der Waals surface area contributed by atoms with Gasteiger partial charge in [0.1, 0.15) is 17.3 Å². The fraction of sp³-hybridized carbons (Fsp3) is 0.294. The number of hydrogen-bond acceptors (Lipinski definition) is 6. The Labute approximate surface area is 140 Å². The van der Waals surface area contributed by atoms with Gasteiger partial charge in [-0.3, -0.25) is 9.69 Å². The average molecular weight is 327 g/mol. The summed E-state index contributed by atoms with van der Waals surface area (Å²) >= 11 is 0. The fourth-order valence-corrected chi connectivity index (χ4v) is 2.44. The summed E-state index contributed by atoms with van der Waals surface area (Å²) in [6.07, 6.45) is 2.75. The number of anilines is 3. The second-order valence-corrected chi connectivity index (χ2v) is 5.66. The largest absolute Gasteiger partial charge is 0.457 e. The molecule has 2 heterocycles. The Morgan fingerprint density at radius 3 is 2.75 bits per heavy atom. The summed E-state index contributed by atoms with van der Waals surface area (Å²) in [5, 5.41) is 5.79. The highest BCUT2D eigenvalue weighted by Gasteiger charge is 2.17. The maximum absolute atomic E-state index is 11.9. The van der Waals surface area contributed by atoms with E-state index in [1.54, 1.807) is 24.4 Å². The number of aromatic nitrogens is 1. The van der Waals surface area contributed by atoms with Gasteiger partial charge in [-0.1, -0.05) is 0 Å². The number of amides is 1. The molecule has 7 nitrogen and oxygen atoms in total. The topological polar surface area (TPSA) is 92.5 Å². The van der Waals surface area contributed by atoms with Crippen molar-refractivity contribution in [2.45, 2.75) is 6.42 Å². The molecule has 1 aliphatic rings. The van der Waals surface area contributed by atoms with Gasteiger partial charge < -0.3 is 21.1 Å².